The molecule has 2 heterocycles. The van der Waals surface area contributed by atoms with Gasteiger partial charge in [-0.05, 0) is 56.9 Å². The van der Waals surface area contributed by atoms with Gasteiger partial charge in [-0.25, -0.2) is 4.98 Å². The summed E-state index contributed by atoms with van der Waals surface area (Å²) in [6, 6.07) is 6.29. The van der Waals surface area contributed by atoms with Crippen molar-refractivity contribution in [3.05, 3.63) is 51.7 Å². The van der Waals surface area contributed by atoms with E-state index in [0.717, 1.165) is 28.2 Å². The smallest absolute Gasteiger partial charge is 0.226 e. The Labute approximate surface area is 158 Å². The van der Waals surface area contributed by atoms with Gasteiger partial charge in [-0.15, -0.1) is 11.3 Å². The molecule has 0 fully saturated rings. The minimum atomic E-state index is -0.0198. The molecule has 0 saturated carbocycles. The maximum absolute atomic E-state index is 12.3. The molecule has 0 spiro atoms. The van der Waals surface area contributed by atoms with Crippen LogP contribution < -0.4 is 5.32 Å². The second-order valence-corrected chi connectivity index (χ2v) is 7.52. The number of anilines is 1. The lowest BCUT2D eigenvalue weighted by molar-refractivity contribution is -0.116. The van der Waals surface area contributed by atoms with Crippen LogP contribution >= 0.6 is 11.3 Å². The fourth-order valence-corrected chi connectivity index (χ4v) is 3.70. The maximum Gasteiger partial charge on any atom is 0.226 e. The summed E-state index contributed by atoms with van der Waals surface area (Å²) in [6.07, 6.45) is 1.11. The van der Waals surface area contributed by atoms with Crippen molar-refractivity contribution in [3.8, 4) is 11.3 Å². The van der Waals surface area contributed by atoms with Crippen molar-refractivity contribution in [3.63, 3.8) is 0 Å². The molecule has 0 saturated heterocycles. The van der Waals surface area contributed by atoms with Crippen molar-refractivity contribution in [2.24, 2.45) is 7.05 Å². The lowest BCUT2D eigenvalue weighted by Gasteiger charge is -2.04. The van der Waals surface area contributed by atoms with E-state index in [1.165, 1.54) is 22.5 Å². The fourth-order valence-electron chi connectivity index (χ4n) is 2.96. The van der Waals surface area contributed by atoms with Gasteiger partial charge in [0.05, 0.1) is 11.4 Å². The second-order valence-electron chi connectivity index (χ2n) is 6.66. The van der Waals surface area contributed by atoms with E-state index in [0.29, 0.717) is 18.0 Å². The third kappa shape index (κ3) is 3.85. The van der Waals surface area contributed by atoms with E-state index in [9.17, 15) is 4.79 Å². The third-order valence-electron chi connectivity index (χ3n) is 4.81. The van der Waals surface area contributed by atoms with Crippen LogP contribution in [0.5, 0.6) is 0 Å². The number of nitrogens with one attached hydrogen (secondary N) is 1. The summed E-state index contributed by atoms with van der Waals surface area (Å²) in [7, 11) is 1.93. The summed E-state index contributed by atoms with van der Waals surface area (Å²) >= 11 is 1.46. The number of amides is 1. The number of hydrogen-bond donors (Lipinski definition) is 1. The minimum absolute atomic E-state index is 0.0198. The van der Waals surface area contributed by atoms with Gasteiger partial charge in [0.1, 0.15) is 0 Å². The first-order valence-corrected chi connectivity index (χ1v) is 9.55. The molecule has 3 rings (SSSR count). The predicted molar refractivity (Wildman–Crippen MR) is 107 cm³/mol. The number of thiazole rings is 1. The molecule has 26 heavy (non-hydrogen) atoms. The molecule has 0 unspecified atom stereocenters. The average Bonchev–Trinajstić information content (AvgIpc) is 3.14. The van der Waals surface area contributed by atoms with Crippen LogP contribution in [0.1, 0.15) is 34.5 Å². The molecular weight excluding hydrogens is 344 g/mol. The van der Waals surface area contributed by atoms with Gasteiger partial charge in [0.15, 0.2) is 5.13 Å². The van der Waals surface area contributed by atoms with Crippen LogP contribution in [0.15, 0.2) is 23.6 Å². The van der Waals surface area contributed by atoms with Crippen molar-refractivity contribution in [1.82, 2.24) is 14.8 Å². The number of nitrogens with zero attached hydrogens (tertiary/aromatic N) is 3. The molecule has 5 nitrogen and oxygen atoms in total. The molecule has 1 N–H and O–H groups in total. The van der Waals surface area contributed by atoms with E-state index in [4.69, 9.17) is 0 Å². The largest absolute Gasteiger partial charge is 0.302 e. The summed E-state index contributed by atoms with van der Waals surface area (Å²) in [5, 5.41) is 9.94. The van der Waals surface area contributed by atoms with Crippen molar-refractivity contribution in [2.45, 2.75) is 40.5 Å². The van der Waals surface area contributed by atoms with Gasteiger partial charge in [-0.2, -0.15) is 5.10 Å². The van der Waals surface area contributed by atoms with Gasteiger partial charge in [0.25, 0.3) is 0 Å². The van der Waals surface area contributed by atoms with Gasteiger partial charge >= 0.3 is 0 Å². The highest BCUT2D eigenvalue weighted by atomic mass is 32.1. The Kier molecular flexibility index (Phi) is 5.23. The topological polar surface area (TPSA) is 59.8 Å². The zero-order valence-corrected chi connectivity index (χ0v) is 16.7. The van der Waals surface area contributed by atoms with Gasteiger partial charge in [-0.3, -0.25) is 9.48 Å². The highest BCUT2D eigenvalue weighted by Gasteiger charge is 2.13. The van der Waals surface area contributed by atoms with E-state index in [1.54, 1.807) is 0 Å². The summed E-state index contributed by atoms with van der Waals surface area (Å²) in [5.74, 6) is -0.0198. The molecule has 0 aliphatic carbocycles. The number of carbonyl (C=O) groups excluding carboxylic acids is 1. The van der Waals surface area contributed by atoms with E-state index in [-0.39, 0.29) is 5.91 Å². The lowest BCUT2D eigenvalue weighted by Crippen LogP contribution is -2.12. The molecule has 2 aromatic heterocycles. The number of carbonyl (C=O) groups is 1. The monoisotopic (exact) mass is 368 g/mol. The summed E-state index contributed by atoms with van der Waals surface area (Å²) in [4.78, 5) is 16.8. The van der Waals surface area contributed by atoms with Gasteiger partial charge in [0, 0.05) is 30.1 Å². The van der Waals surface area contributed by atoms with Crippen molar-refractivity contribution < 1.29 is 4.79 Å². The molecule has 1 amide bonds. The molecule has 1 aromatic carbocycles. The number of rotatable bonds is 5. The Morgan fingerprint density at radius 3 is 2.62 bits per heavy atom. The summed E-state index contributed by atoms with van der Waals surface area (Å²) in [6.45, 7) is 8.20. The van der Waals surface area contributed by atoms with Crippen LogP contribution in [-0.2, 0) is 18.3 Å². The summed E-state index contributed by atoms with van der Waals surface area (Å²) in [5.41, 5.74) is 7.73. The van der Waals surface area contributed by atoms with Gasteiger partial charge in [0.2, 0.25) is 5.91 Å². The predicted octanol–water partition coefficient (Wildman–Crippen LogP) is 4.35. The maximum atomic E-state index is 12.3. The standard InChI is InChI=1S/C20H24N4OS/c1-12-6-7-16(10-13(12)2)18-11-26-20(21-18)22-19(25)9-8-17-14(3)23-24(5)15(17)4/h6-7,10-11H,8-9H2,1-5H3,(H,21,22,25). The van der Waals surface area contributed by atoms with Gasteiger partial charge in [-0.1, -0.05) is 12.1 Å². The van der Waals surface area contributed by atoms with Gasteiger partial charge < -0.3 is 5.32 Å². The van der Waals surface area contributed by atoms with Crippen LogP contribution in [0.2, 0.25) is 0 Å². The number of aromatic nitrogens is 3. The average molecular weight is 369 g/mol. The molecule has 0 aliphatic rings. The van der Waals surface area contributed by atoms with Crippen LogP contribution in [0.4, 0.5) is 5.13 Å². The number of aryl methyl sites for hydroxylation is 4. The lowest BCUT2D eigenvalue weighted by atomic mass is 10.1. The second kappa shape index (κ2) is 7.41. The highest BCUT2D eigenvalue weighted by molar-refractivity contribution is 7.14. The number of benzene rings is 1. The first-order chi connectivity index (χ1) is 12.3. The molecule has 136 valence electrons. The van der Waals surface area contributed by atoms with Crippen LogP contribution in [0, 0.1) is 27.7 Å². The molecule has 0 aliphatic heterocycles. The minimum Gasteiger partial charge on any atom is -0.302 e. The molecular formula is C20H24N4OS. The van der Waals surface area contributed by atoms with Crippen LogP contribution in [0.3, 0.4) is 0 Å². The van der Waals surface area contributed by atoms with E-state index < -0.39 is 0 Å². The SMILES string of the molecule is Cc1ccc(-c2csc(NC(=O)CCc3c(C)nn(C)c3C)n2)cc1C. The van der Waals surface area contributed by atoms with Crippen LogP contribution in [0.25, 0.3) is 11.3 Å². The van der Waals surface area contributed by atoms with Crippen molar-refractivity contribution in [2.75, 3.05) is 5.32 Å². The molecule has 0 atom stereocenters. The highest BCUT2D eigenvalue weighted by Crippen LogP contribution is 2.26. The fraction of sp³-hybridized carbons (Fsp3) is 0.350. The quantitative estimate of drug-likeness (QED) is 0.728. The Bertz CT molecular complexity index is 955. The van der Waals surface area contributed by atoms with E-state index >= 15 is 0 Å². The van der Waals surface area contributed by atoms with Crippen molar-refractivity contribution in [1.29, 1.82) is 0 Å². The molecule has 0 bridgehead atoms. The first-order valence-electron chi connectivity index (χ1n) is 8.67. The zero-order valence-electron chi connectivity index (χ0n) is 15.9. The molecule has 0 radical (unpaired) electrons. The Hall–Kier alpha value is -2.47. The third-order valence-corrected chi connectivity index (χ3v) is 5.57. The van der Waals surface area contributed by atoms with Crippen molar-refractivity contribution >= 4 is 22.4 Å². The van der Waals surface area contributed by atoms with E-state index in [2.05, 4.69) is 47.4 Å². The Morgan fingerprint density at radius 1 is 1.19 bits per heavy atom. The summed E-state index contributed by atoms with van der Waals surface area (Å²) < 4.78 is 1.86. The molecule has 6 heteroatoms. The number of hydrogen-bond acceptors (Lipinski definition) is 4. The normalized spacial score (nSPS) is 11.0. The Morgan fingerprint density at radius 2 is 1.96 bits per heavy atom. The first kappa shape index (κ1) is 18.3. The van der Waals surface area contributed by atoms with Crippen LogP contribution in [-0.4, -0.2) is 20.7 Å². The Balaban J connectivity index is 1.63. The molecule has 3 aromatic rings. The van der Waals surface area contributed by atoms with E-state index in [1.807, 2.05) is 31.0 Å². The zero-order chi connectivity index (χ0) is 18.8.